The summed E-state index contributed by atoms with van der Waals surface area (Å²) in [7, 11) is 1.78. The molecule has 2 amide bonds. The van der Waals surface area contributed by atoms with Crippen LogP contribution in [0.5, 0.6) is 0 Å². The van der Waals surface area contributed by atoms with Crippen LogP contribution in [0.25, 0.3) is 0 Å². The van der Waals surface area contributed by atoms with Crippen molar-refractivity contribution < 1.29 is 9.59 Å². The van der Waals surface area contributed by atoms with Gasteiger partial charge in [-0.1, -0.05) is 0 Å². The fourth-order valence-electron chi connectivity index (χ4n) is 2.27. The Bertz CT molecular complexity index is 503. The average Bonchev–Trinajstić information content (AvgIpc) is 2.87. The van der Waals surface area contributed by atoms with E-state index in [1.54, 1.807) is 36.9 Å². The normalized spacial score (nSPS) is 18.5. The number of likely N-dealkylation sites (tertiary alicyclic amines) is 1. The van der Waals surface area contributed by atoms with Gasteiger partial charge < -0.3 is 9.80 Å². The maximum Gasteiger partial charge on any atom is 0.257 e. The van der Waals surface area contributed by atoms with Crippen LogP contribution < -0.4 is 0 Å². The molecule has 6 nitrogen and oxygen atoms in total. The first-order chi connectivity index (χ1) is 9.00. The maximum absolute atomic E-state index is 12.3. The van der Waals surface area contributed by atoms with Crippen LogP contribution in [-0.4, -0.2) is 57.8 Å². The number of likely N-dealkylation sites (N-methyl/N-ethyl adjacent to an activating group) is 1. The minimum atomic E-state index is -0.0578. The van der Waals surface area contributed by atoms with E-state index in [1.165, 1.54) is 6.33 Å². The summed E-state index contributed by atoms with van der Waals surface area (Å²) < 4.78 is 0. The summed E-state index contributed by atoms with van der Waals surface area (Å²) in [6.07, 6.45) is 3.80. The molecule has 2 heterocycles. The van der Waals surface area contributed by atoms with E-state index in [4.69, 9.17) is 0 Å². The van der Waals surface area contributed by atoms with Gasteiger partial charge in [0.25, 0.3) is 5.91 Å². The molecule has 1 saturated heterocycles. The molecule has 0 aromatic carbocycles. The first kappa shape index (κ1) is 13.5. The molecule has 0 spiro atoms. The van der Waals surface area contributed by atoms with Crippen molar-refractivity contribution in [1.29, 1.82) is 0 Å². The molecule has 1 aromatic rings. The van der Waals surface area contributed by atoms with E-state index in [0.29, 0.717) is 24.3 Å². The first-order valence-corrected chi connectivity index (χ1v) is 6.30. The topological polar surface area (TPSA) is 66.4 Å². The molecule has 0 aliphatic carbocycles. The zero-order valence-electron chi connectivity index (χ0n) is 11.5. The summed E-state index contributed by atoms with van der Waals surface area (Å²) in [4.78, 5) is 35.1. The number of aryl methyl sites for hydroxylation is 1. The number of hydrogen-bond acceptors (Lipinski definition) is 4. The molecule has 0 bridgehead atoms. The third-order valence-electron chi connectivity index (χ3n) is 3.64. The van der Waals surface area contributed by atoms with Gasteiger partial charge >= 0.3 is 0 Å². The average molecular weight is 262 g/mol. The summed E-state index contributed by atoms with van der Waals surface area (Å²) >= 11 is 0. The summed E-state index contributed by atoms with van der Waals surface area (Å²) in [5.41, 5.74) is 1.22. The van der Waals surface area contributed by atoms with Crippen LogP contribution >= 0.6 is 0 Å². The Balaban J connectivity index is 2.07. The van der Waals surface area contributed by atoms with Crippen LogP contribution in [0.15, 0.2) is 12.5 Å². The van der Waals surface area contributed by atoms with Crippen LogP contribution in [0.3, 0.4) is 0 Å². The molecule has 0 unspecified atom stereocenters. The Morgan fingerprint density at radius 1 is 1.47 bits per heavy atom. The standard InChI is InChI=1S/C13H18N4O2/c1-9-12(6-14-8-15-9)13(19)17-5-4-11(7-17)16(3)10(2)18/h6,8,11H,4-5,7H2,1-3H3/t11-/m0/s1. The number of amides is 2. The zero-order valence-corrected chi connectivity index (χ0v) is 11.5. The molecule has 6 heteroatoms. The first-order valence-electron chi connectivity index (χ1n) is 6.30. The van der Waals surface area contributed by atoms with E-state index >= 15 is 0 Å². The lowest BCUT2D eigenvalue weighted by Crippen LogP contribution is -2.39. The molecular weight excluding hydrogens is 244 g/mol. The number of carbonyl (C=O) groups is 2. The molecule has 0 saturated carbocycles. The van der Waals surface area contributed by atoms with Gasteiger partial charge in [0.05, 0.1) is 17.3 Å². The van der Waals surface area contributed by atoms with Crippen molar-refractivity contribution >= 4 is 11.8 Å². The minimum Gasteiger partial charge on any atom is -0.341 e. The van der Waals surface area contributed by atoms with Crippen molar-refractivity contribution in [2.45, 2.75) is 26.3 Å². The molecule has 0 radical (unpaired) electrons. The molecule has 0 N–H and O–H groups in total. The molecule has 1 atom stereocenters. The van der Waals surface area contributed by atoms with Gasteiger partial charge in [-0.2, -0.15) is 0 Å². The lowest BCUT2D eigenvalue weighted by molar-refractivity contribution is -0.129. The highest BCUT2D eigenvalue weighted by Gasteiger charge is 2.31. The molecule has 2 rings (SSSR count). The Kier molecular flexibility index (Phi) is 3.78. The van der Waals surface area contributed by atoms with Gasteiger partial charge in [0.1, 0.15) is 6.33 Å². The second kappa shape index (κ2) is 5.34. The van der Waals surface area contributed by atoms with Crippen LogP contribution in [0.2, 0.25) is 0 Å². The van der Waals surface area contributed by atoms with Gasteiger partial charge in [0.2, 0.25) is 5.91 Å². The monoisotopic (exact) mass is 262 g/mol. The fraction of sp³-hybridized carbons (Fsp3) is 0.538. The molecule has 1 fully saturated rings. The van der Waals surface area contributed by atoms with Gasteiger partial charge in [-0.15, -0.1) is 0 Å². The quantitative estimate of drug-likeness (QED) is 0.777. The van der Waals surface area contributed by atoms with Crippen molar-refractivity contribution in [3.05, 3.63) is 23.8 Å². The van der Waals surface area contributed by atoms with Crippen molar-refractivity contribution in [2.24, 2.45) is 0 Å². The van der Waals surface area contributed by atoms with E-state index in [-0.39, 0.29) is 17.9 Å². The third-order valence-corrected chi connectivity index (χ3v) is 3.64. The second-order valence-corrected chi connectivity index (χ2v) is 4.85. The third kappa shape index (κ3) is 2.72. The Morgan fingerprint density at radius 2 is 2.21 bits per heavy atom. The van der Waals surface area contributed by atoms with Gasteiger partial charge in [-0.3, -0.25) is 9.59 Å². The van der Waals surface area contributed by atoms with Crippen LogP contribution in [0.1, 0.15) is 29.4 Å². The van der Waals surface area contributed by atoms with Gasteiger partial charge in [-0.05, 0) is 13.3 Å². The summed E-state index contributed by atoms with van der Waals surface area (Å²) in [5, 5.41) is 0. The van der Waals surface area contributed by atoms with Crippen LogP contribution in [0, 0.1) is 6.92 Å². The van der Waals surface area contributed by atoms with E-state index in [2.05, 4.69) is 9.97 Å². The molecule has 1 aromatic heterocycles. The van der Waals surface area contributed by atoms with Crippen LogP contribution in [0.4, 0.5) is 0 Å². The number of hydrogen-bond donors (Lipinski definition) is 0. The molecule has 1 aliphatic heterocycles. The van der Waals surface area contributed by atoms with Gasteiger partial charge in [0, 0.05) is 33.3 Å². The molecule has 102 valence electrons. The highest BCUT2D eigenvalue weighted by atomic mass is 16.2. The van der Waals surface area contributed by atoms with E-state index in [9.17, 15) is 9.59 Å². The van der Waals surface area contributed by atoms with Gasteiger partial charge in [-0.25, -0.2) is 9.97 Å². The largest absolute Gasteiger partial charge is 0.341 e. The molecular formula is C13H18N4O2. The fourth-order valence-corrected chi connectivity index (χ4v) is 2.27. The van der Waals surface area contributed by atoms with Crippen molar-refractivity contribution in [2.75, 3.05) is 20.1 Å². The Hall–Kier alpha value is -1.98. The summed E-state index contributed by atoms with van der Waals surface area (Å²) in [5.74, 6) is -0.0314. The SMILES string of the molecule is CC(=O)N(C)[C@H]1CCN(C(=O)c2cncnc2C)C1. The second-order valence-electron chi connectivity index (χ2n) is 4.85. The van der Waals surface area contributed by atoms with E-state index in [1.807, 2.05) is 0 Å². The number of aromatic nitrogens is 2. The molecule has 19 heavy (non-hydrogen) atoms. The van der Waals surface area contributed by atoms with Crippen molar-refractivity contribution in [3.63, 3.8) is 0 Å². The minimum absolute atomic E-state index is 0.0264. The highest BCUT2D eigenvalue weighted by Crippen LogP contribution is 2.17. The molecule has 1 aliphatic rings. The highest BCUT2D eigenvalue weighted by molar-refractivity contribution is 5.95. The lowest BCUT2D eigenvalue weighted by Gasteiger charge is -2.23. The Morgan fingerprint density at radius 3 is 2.84 bits per heavy atom. The van der Waals surface area contributed by atoms with Crippen molar-refractivity contribution in [1.82, 2.24) is 19.8 Å². The predicted octanol–water partition coefficient (Wildman–Crippen LogP) is 0.478. The smallest absolute Gasteiger partial charge is 0.257 e. The Labute approximate surface area is 112 Å². The number of rotatable bonds is 2. The summed E-state index contributed by atoms with van der Waals surface area (Å²) in [6, 6.07) is 0.103. The van der Waals surface area contributed by atoms with E-state index in [0.717, 1.165) is 6.42 Å². The summed E-state index contributed by atoms with van der Waals surface area (Å²) in [6.45, 7) is 4.57. The number of carbonyl (C=O) groups excluding carboxylic acids is 2. The van der Waals surface area contributed by atoms with E-state index < -0.39 is 0 Å². The van der Waals surface area contributed by atoms with Crippen LogP contribution in [-0.2, 0) is 4.79 Å². The van der Waals surface area contributed by atoms with Gasteiger partial charge in [0.15, 0.2) is 0 Å². The zero-order chi connectivity index (χ0) is 14.0. The lowest BCUT2D eigenvalue weighted by atomic mass is 10.2. The van der Waals surface area contributed by atoms with Crippen molar-refractivity contribution in [3.8, 4) is 0 Å². The number of nitrogens with zero attached hydrogens (tertiary/aromatic N) is 4. The maximum atomic E-state index is 12.3. The predicted molar refractivity (Wildman–Crippen MR) is 69.5 cm³/mol.